The molecule has 136 valence electrons. The maximum atomic E-state index is 13.0. The Hall–Kier alpha value is -2.63. The fraction of sp³-hybridized carbons (Fsp3) is 0.450. The van der Waals surface area contributed by atoms with Crippen molar-refractivity contribution >= 4 is 11.8 Å². The van der Waals surface area contributed by atoms with Gasteiger partial charge in [-0.3, -0.25) is 14.7 Å². The van der Waals surface area contributed by atoms with Crippen LogP contribution in [0.15, 0.2) is 30.3 Å². The molecule has 1 aromatic heterocycles. The Balaban J connectivity index is 1.54. The number of H-pyrrole nitrogens is 1. The zero-order chi connectivity index (χ0) is 18.1. The quantitative estimate of drug-likeness (QED) is 0.887. The first-order valence-corrected chi connectivity index (χ1v) is 9.31. The largest absolute Gasteiger partial charge is 0.351 e. The van der Waals surface area contributed by atoms with Crippen molar-refractivity contribution in [3.8, 4) is 0 Å². The zero-order valence-corrected chi connectivity index (χ0v) is 15.0. The predicted octanol–water partition coefficient (Wildman–Crippen LogP) is 2.03. The minimum Gasteiger partial charge on any atom is -0.351 e. The number of aryl methyl sites for hydroxylation is 1. The summed E-state index contributed by atoms with van der Waals surface area (Å²) in [6, 6.07) is 10.1. The molecule has 2 amide bonds. The van der Waals surface area contributed by atoms with Crippen LogP contribution in [0.5, 0.6) is 0 Å². The second-order valence-corrected chi connectivity index (χ2v) is 7.25. The minimum atomic E-state index is -0.0837. The summed E-state index contributed by atoms with van der Waals surface area (Å²) in [5.41, 5.74) is 3.96. The number of carbonyl (C=O) groups excluding carboxylic acids is 2. The lowest BCUT2D eigenvalue weighted by Gasteiger charge is -2.39. The molecule has 0 radical (unpaired) electrons. The van der Waals surface area contributed by atoms with E-state index >= 15 is 0 Å². The highest BCUT2D eigenvalue weighted by Gasteiger charge is 2.35. The van der Waals surface area contributed by atoms with Crippen LogP contribution in [-0.2, 0) is 17.6 Å². The molecule has 1 aliphatic heterocycles. The highest BCUT2D eigenvalue weighted by Crippen LogP contribution is 2.30. The van der Waals surface area contributed by atoms with Gasteiger partial charge in [0, 0.05) is 37.2 Å². The van der Waals surface area contributed by atoms with E-state index in [4.69, 9.17) is 0 Å². The number of hydrogen-bond donors (Lipinski definition) is 2. The van der Waals surface area contributed by atoms with Crippen LogP contribution in [0.4, 0.5) is 0 Å². The summed E-state index contributed by atoms with van der Waals surface area (Å²) < 4.78 is 0. The molecular formula is C20H24N4O2. The molecule has 2 aromatic rings. The number of piperidine rings is 1. The van der Waals surface area contributed by atoms with Crippen molar-refractivity contribution in [3.63, 3.8) is 0 Å². The number of benzene rings is 1. The summed E-state index contributed by atoms with van der Waals surface area (Å²) in [6.45, 7) is 2.72. The normalized spacial score (nSPS) is 22.1. The number of aromatic amines is 1. The van der Waals surface area contributed by atoms with E-state index in [1.807, 2.05) is 23.1 Å². The molecule has 0 spiro atoms. The van der Waals surface area contributed by atoms with Gasteiger partial charge in [-0.1, -0.05) is 30.3 Å². The van der Waals surface area contributed by atoms with Crippen LogP contribution in [0.25, 0.3) is 0 Å². The number of hydrogen-bond acceptors (Lipinski definition) is 3. The Bertz CT molecular complexity index is 814. The van der Waals surface area contributed by atoms with Gasteiger partial charge in [-0.2, -0.15) is 5.10 Å². The van der Waals surface area contributed by atoms with Crippen molar-refractivity contribution in [2.24, 2.45) is 0 Å². The summed E-state index contributed by atoms with van der Waals surface area (Å²) >= 11 is 0. The average Bonchev–Trinajstić information content (AvgIpc) is 3.25. The van der Waals surface area contributed by atoms with Gasteiger partial charge in [0.05, 0.1) is 6.04 Å². The third-order valence-electron chi connectivity index (χ3n) is 5.53. The number of rotatable bonds is 3. The summed E-state index contributed by atoms with van der Waals surface area (Å²) in [5.74, 6) is 0.131. The number of fused-ring (bicyclic) bond motifs is 1. The molecule has 6 nitrogen and oxygen atoms in total. The van der Waals surface area contributed by atoms with Crippen LogP contribution in [0.2, 0.25) is 0 Å². The van der Waals surface area contributed by atoms with Gasteiger partial charge in [0.2, 0.25) is 5.91 Å². The number of aromatic nitrogens is 2. The summed E-state index contributed by atoms with van der Waals surface area (Å²) in [7, 11) is 0. The first kappa shape index (κ1) is 16.8. The van der Waals surface area contributed by atoms with Crippen molar-refractivity contribution in [3.05, 3.63) is 52.8 Å². The van der Waals surface area contributed by atoms with E-state index in [2.05, 4.69) is 27.6 Å². The minimum absolute atomic E-state index is 0.0220. The van der Waals surface area contributed by atoms with Gasteiger partial charge in [-0.05, 0) is 31.2 Å². The van der Waals surface area contributed by atoms with Gasteiger partial charge in [0.25, 0.3) is 5.91 Å². The van der Waals surface area contributed by atoms with E-state index in [0.717, 1.165) is 36.9 Å². The maximum absolute atomic E-state index is 13.0. The number of likely N-dealkylation sites (tertiary alicyclic amines) is 1. The lowest BCUT2D eigenvalue weighted by Crippen LogP contribution is -2.53. The monoisotopic (exact) mass is 352 g/mol. The highest BCUT2D eigenvalue weighted by atomic mass is 16.2. The Morgan fingerprint density at radius 3 is 2.81 bits per heavy atom. The van der Waals surface area contributed by atoms with E-state index in [9.17, 15) is 9.59 Å². The molecular weight excluding hydrogens is 328 g/mol. The summed E-state index contributed by atoms with van der Waals surface area (Å²) in [4.78, 5) is 26.6. The van der Waals surface area contributed by atoms with Crippen molar-refractivity contribution in [1.82, 2.24) is 20.4 Å². The molecule has 1 saturated heterocycles. The first-order chi connectivity index (χ1) is 12.6. The van der Waals surface area contributed by atoms with Crippen molar-refractivity contribution in [1.29, 1.82) is 0 Å². The van der Waals surface area contributed by atoms with Crippen LogP contribution < -0.4 is 5.32 Å². The summed E-state index contributed by atoms with van der Waals surface area (Å²) in [6.07, 6.45) is 3.80. The topological polar surface area (TPSA) is 78.1 Å². The lowest BCUT2D eigenvalue weighted by atomic mass is 9.85. The smallest absolute Gasteiger partial charge is 0.274 e. The molecule has 26 heavy (non-hydrogen) atoms. The zero-order valence-electron chi connectivity index (χ0n) is 15.0. The first-order valence-electron chi connectivity index (χ1n) is 9.31. The van der Waals surface area contributed by atoms with Gasteiger partial charge in [0.1, 0.15) is 0 Å². The molecule has 1 fully saturated rings. The molecule has 2 atom stereocenters. The third-order valence-corrected chi connectivity index (χ3v) is 5.53. The summed E-state index contributed by atoms with van der Waals surface area (Å²) in [5, 5.41) is 10.3. The Kier molecular flexibility index (Phi) is 4.49. The van der Waals surface area contributed by atoms with Gasteiger partial charge < -0.3 is 10.2 Å². The number of nitrogens with zero attached hydrogens (tertiary/aromatic N) is 2. The molecule has 0 unspecified atom stereocenters. The molecule has 0 saturated carbocycles. The second kappa shape index (κ2) is 6.94. The van der Waals surface area contributed by atoms with Crippen LogP contribution in [-0.4, -0.2) is 46.0 Å². The van der Waals surface area contributed by atoms with Crippen molar-refractivity contribution in [2.75, 3.05) is 13.1 Å². The fourth-order valence-electron chi connectivity index (χ4n) is 4.29. The van der Waals surface area contributed by atoms with Gasteiger partial charge in [-0.15, -0.1) is 0 Å². The van der Waals surface area contributed by atoms with Crippen molar-refractivity contribution in [2.45, 2.75) is 44.6 Å². The van der Waals surface area contributed by atoms with Gasteiger partial charge >= 0.3 is 0 Å². The van der Waals surface area contributed by atoms with Crippen LogP contribution in [0, 0.1) is 0 Å². The molecule has 2 N–H and O–H groups in total. The maximum Gasteiger partial charge on any atom is 0.274 e. The Morgan fingerprint density at radius 2 is 2.04 bits per heavy atom. The standard InChI is InChI=1S/C20H24N4O2/c1-13(25)21-18-12-24(11-10-15(18)14-6-3-2-4-7-14)20(26)19-16-8-5-9-17(16)22-23-19/h2-4,6-7,15,18H,5,8-12H2,1H3,(H,21,25)(H,22,23)/t15-,18-/m0/s1. The third kappa shape index (κ3) is 3.11. The van der Waals surface area contributed by atoms with Crippen LogP contribution in [0.1, 0.15) is 53.0 Å². The molecule has 6 heteroatoms. The molecule has 2 heterocycles. The SMILES string of the molecule is CC(=O)N[C@H]1CN(C(=O)c2n[nH]c3c2CCC3)CC[C@H]1c1ccccc1. The lowest BCUT2D eigenvalue weighted by molar-refractivity contribution is -0.120. The Labute approximate surface area is 153 Å². The molecule has 1 aromatic carbocycles. The van der Waals surface area contributed by atoms with E-state index in [0.29, 0.717) is 18.8 Å². The van der Waals surface area contributed by atoms with E-state index in [-0.39, 0.29) is 23.8 Å². The fourth-order valence-corrected chi connectivity index (χ4v) is 4.29. The van der Waals surface area contributed by atoms with E-state index < -0.39 is 0 Å². The van der Waals surface area contributed by atoms with E-state index in [1.54, 1.807) is 0 Å². The van der Waals surface area contributed by atoms with Gasteiger partial charge in [0.15, 0.2) is 5.69 Å². The van der Waals surface area contributed by atoms with Gasteiger partial charge in [-0.25, -0.2) is 0 Å². The number of amides is 2. The molecule has 1 aliphatic carbocycles. The van der Waals surface area contributed by atoms with Crippen molar-refractivity contribution < 1.29 is 9.59 Å². The number of carbonyl (C=O) groups is 2. The molecule has 4 rings (SSSR count). The number of nitrogens with one attached hydrogen (secondary N) is 2. The van der Waals surface area contributed by atoms with E-state index in [1.165, 1.54) is 12.5 Å². The molecule has 2 aliphatic rings. The Morgan fingerprint density at radius 1 is 1.23 bits per heavy atom. The predicted molar refractivity (Wildman–Crippen MR) is 97.9 cm³/mol. The van der Waals surface area contributed by atoms with Crippen LogP contribution in [0.3, 0.4) is 0 Å². The van der Waals surface area contributed by atoms with Crippen LogP contribution >= 0.6 is 0 Å². The highest BCUT2D eigenvalue weighted by molar-refractivity contribution is 5.94. The second-order valence-electron chi connectivity index (χ2n) is 7.25. The molecule has 0 bridgehead atoms. The average molecular weight is 352 g/mol.